The zero-order chi connectivity index (χ0) is 21.7. The van der Waals surface area contributed by atoms with Crippen LogP contribution in [0.25, 0.3) is 0 Å². The highest BCUT2D eigenvalue weighted by Gasteiger charge is 2.24. The molecule has 30 heavy (non-hydrogen) atoms. The molecule has 1 amide bonds. The van der Waals surface area contributed by atoms with E-state index in [1.165, 1.54) is 16.7 Å². The SMILES string of the molecule is CCN(CC)S(=O)(=O)c1cc(C(=O)Nc2cccc(Cn3cncn3)c2)ccc1C. The first-order valence-corrected chi connectivity index (χ1v) is 11.1. The third-order valence-corrected chi connectivity index (χ3v) is 6.96. The lowest BCUT2D eigenvalue weighted by atomic mass is 10.1. The van der Waals surface area contributed by atoms with Crippen molar-refractivity contribution in [3.63, 3.8) is 0 Å². The molecule has 158 valence electrons. The summed E-state index contributed by atoms with van der Waals surface area (Å²) < 4.78 is 28.9. The maximum Gasteiger partial charge on any atom is 0.255 e. The fourth-order valence-corrected chi connectivity index (χ4v) is 4.88. The number of amides is 1. The largest absolute Gasteiger partial charge is 0.322 e. The Kier molecular flexibility index (Phi) is 6.63. The molecule has 0 unspecified atom stereocenters. The van der Waals surface area contributed by atoms with E-state index in [1.807, 2.05) is 18.2 Å². The van der Waals surface area contributed by atoms with Crippen LogP contribution in [0, 0.1) is 6.92 Å². The molecule has 1 aromatic heterocycles. The van der Waals surface area contributed by atoms with Crippen LogP contribution in [0.1, 0.15) is 35.3 Å². The van der Waals surface area contributed by atoms with Gasteiger partial charge in [-0.15, -0.1) is 0 Å². The smallest absolute Gasteiger partial charge is 0.255 e. The molecule has 3 rings (SSSR count). The molecule has 0 aliphatic heterocycles. The normalized spacial score (nSPS) is 11.6. The number of rotatable bonds is 8. The summed E-state index contributed by atoms with van der Waals surface area (Å²) in [5.74, 6) is -0.371. The second kappa shape index (κ2) is 9.19. The fraction of sp³-hybridized carbons (Fsp3) is 0.286. The summed E-state index contributed by atoms with van der Waals surface area (Å²) in [6.45, 7) is 6.57. The summed E-state index contributed by atoms with van der Waals surface area (Å²) in [6.07, 6.45) is 3.09. The van der Waals surface area contributed by atoms with Gasteiger partial charge in [-0.1, -0.05) is 32.0 Å². The summed E-state index contributed by atoms with van der Waals surface area (Å²) in [5.41, 5.74) is 2.46. The first-order valence-electron chi connectivity index (χ1n) is 9.68. The predicted octanol–water partition coefficient (Wildman–Crippen LogP) is 2.92. The van der Waals surface area contributed by atoms with Crippen molar-refractivity contribution in [3.05, 3.63) is 71.8 Å². The molecule has 1 N–H and O–H groups in total. The third kappa shape index (κ3) is 4.74. The van der Waals surface area contributed by atoms with Crippen LogP contribution < -0.4 is 5.32 Å². The highest BCUT2D eigenvalue weighted by molar-refractivity contribution is 7.89. The van der Waals surface area contributed by atoms with Gasteiger partial charge in [0.15, 0.2) is 0 Å². The second-order valence-corrected chi connectivity index (χ2v) is 8.72. The molecule has 0 bridgehead atoms. The van der Waals surface area contributed by atoms with E-state index < -0.39 is 10.0 Å². The van der Waals surface area contributed by atoms with Gasteiger partial charge < -0.3 is 5.32 Å². The Morgan fingerprint density at radius 1 is 1.13 bits per heavy atom. The van der Waals surface area contributed by atoms with Crippen molar-refractivity contribution >= 4 is 21.6 Å². The second-order valence-electron chi connectivity index (χ2n) is 6.82. The van der Waals surface area contributed by atoms with Crippen LogP contribution in [-0.4, -0.2) is 46.5 Å². The third-order valence-electron chi connectivity index (χ3n) is 4.77. The van der Waals surface area contributed by atoms with Crippen molar-refractivity contribution in [2.75, 3.05) is 18.4 Å². The molecule has 0 radical (unpaired) electrons. The Balaban J connectivity index is 1.83. The quantitative estimate of drug-likeness (QED) is 0.596. The minimum Gasteiger partial charge on any atom is -0.322 e. The summed E-state index contributed by atoms with van der Waals surface area (Å²) >= 11 is 0. The van der Waals surface area contributed by atoms with Crippen LogP contribution in [0.3, 0.4) is 0 Å². The molecular weight excluding hydrogens is 402 g/mol. The van der Waals surface area contributed by atoms with Gasteiger partial charge in [0.1, 0.15) is 12.7 Å². The summed E-state index contributed by atoms with van der Waals surface area (Å²) in [5, 5.41) is 6.92. The van der Waals surface area contributed by atoms with Crippen LogP contribution in [0.15, 0.2) is 60.0 Å². The van der Waals surface area contributed by atoms with Gasteiger partial charge in [0.25, 0.3) is 5.91 Å². The van der Waals surface area contributed by atoms with Crippen molar-refractivity contribution in [2.45, 2.75) is 32.2 Å². The molecule has 0 atom stereocenters. The van der Waals surface area contributed by atoms with Gasteiger partial charge >= 0.3 is 0 Å². The number of anilines is 1. The molecule has 0 saturated carbocycles. The standard InChI is InChI=1S/C21H25N5O3S/c1-4-26(5-2)30(28,29)20-12-18(10-9-16(20)3)21(27)24-19-8-6-7-17(11-19)13-25-15-22-14-23-25/h6-12,14-15H,4-5,13H2,1-3H3,(H,24,27). The summed E-state index contributed by atoms with van der Waals surface area (Å²) in [4.78, 5) is 16.9. The molecule has 9 heteroatoms. The number of sulfonamides is 1. The van der Waals surface area contributed by atoms with Crippen LogP contribution in [0.4, 0.5) is 5.69 Å². The Bertz CT molecular complexity index is 1120. The maximum atomic E-state index is 12.9. The number of aryl methyl sites for hydroxylation is 1. The number of benzene rings is 2. The van der Waals surface area contributed by atoms with E-state index >= 15 is 0 Å². The topological polar surface area (TPSA) is 97.2 Å². The number of hydrogen-bond acceptors (Lipinski definition) is 5. The lowest BCUT2D eigenvalue weighted by Crippen LogP contribution is -2.31. The van der Waals surface area contributed by atoms with Crippen molar-refractivity contribution in [1.29, 1.82) is 0 Å². The number of carbonyl (C=O) groups is 1. The van der Waals surface area contributed by atoms with Gasteiger partial charge in [-0.3, -0.25) is 4.79 Å². The average molecular weight is 428 g/mol. The molecule has 3 aromatic rings. The Labute approximate surface area is 176 Å². The Hall–Kier alpha value is -3.04. The number of carbonyl (C=O) groups excluding carboxylic acids is 1. The fourth-order valence-electron chi connectivity index (χ4n) is 3.17. The molecule has 1 heterocycles. The van der Waals surface area contributed by atoms with E-state index in [0.717, 1.165) is 5.56 Å². The average Bonchev–Trinajstić information content (AvgIpc) is 3.22. The zero-order valence-electron chi connectivity index (χ0n) is 17.2. The van der Waals surface area contributed by atoms with Gasteiger partial charge in [0.2, 0.25) is 10.0 Å². The van der Waals surface area contributed by atoms with E-state index in [4.69, 9.17) is 0 Å². The molecule has 2 aromatic carbocycles. The maximum absolute atomic E-state index is 12.9. The van der Waals surface area contributed by atoms with Gasteiger partial charge in [0.05, 0.1) is 11.4 Å². The minimum atomic E-state index is -3.66. The first-order chi connectivity index (χ1) is 14.3. The molecule has 0 aliphatic carbocycles. The van der Waals surface area contributed by atoms with Gasteiger partial charge in [-0.2, -0.15) is 9.40 Å². The number of nitrogens with one attached hydrogen (secondary N) is 1. The van der Waals surface area contributed by atoms with E-state index in [0.29, 0.717) is 30.9 Å². The van der Waals surface area contributed by atoms with E-state index in [2.05, 4.69) is 15.4 Å². The van der Waals surface area contributed by atoms with Crippen LogP contribution in [0.5, 0.6) is 0 Å². The molecule has 8 nitrogen and oxygen atoms in total. The molecule has 0 spiro atoms. The highest BCUT2D eigenvalue weighted by atomic mass is 32.2. The van der Waals surface area contributed by atoms with Crippen molar-refractivity contribution in [3.8, 4) is 0 Å². The number of hydrogen-bond donors (Lipinski definition) is 1. The minimum absolute atomic E-state index is 0.152. The van der Waals surface area contributed by atoms with Crippen molar-refractivity contribution in [1.82, 2.24) is 19.1 Å². The molecule has 0 saturated heterocycles. The van der Waals surface area contributed by atoms with Crippen molar-refractivity contribution < 1.29 is 13.2 Å². The summed E-state index contributed by atoms with van der Waals surface area (Å²) in [6, 6.07) is 12.1. The first kappa shape index (κ1) is 21.7. The van der Waals surface area contributed by atoms with Crippen molar-refractivity contribution in [2.24, 2.45) is 0 Å². The van der Waals surface area contributed by atoms with E-state index in [9.17, 15) is 13.2 Å². The number of aromatic nitrogens is 3. The van der Waals surface area contributed by atoms with E-state index in [1.54, 1.807) is 50.0 Å². The van der Waals surface area contributed by atoms with Crippen LogP contribution in [0.2, 0.25) is 0 Å². The molecule has 0 fully saturated rings. The van der Waals surface area contributed by atoms with E-state index in [-0.39, 0.29) is 16.4 Å². The van der Waals surface area contributed by atoms with Gasteiger partial charge in [0, 0.05) is 24.3 Å². The Morgan fingerprint density at radius 3 is 2.57 bits per heavy atom. The zero-order valence-corrected chi connectivity index (χ0v) is 18.1. The monoisotopic (exact) mass is 427 g/mol. The Morgan fingerprint density at radius 2 is 1.90 bits per heavy atom. The lowest BCUT2D eigenvalue weighted by molar-refractivity contribution is 0.102. The van der Waals surface area contributed by atoms with Crippen LogP contribution >= 0.6 is 0 Å². The van der Waals surface area contributed by atoms with Gasteiger partial charge in [-0.25, -0.2) is 18.1 Å². The molecular formula is C21H25N5O3S. The number of nitrogens with zero attached hydrogens (tertiary/aromatic N) is 4. The van der Waals surface area contributed by atoms with Gasteiger partial charge in [-0.05, 0) is 42.3 Å². The summed E-state index contributed by atoms with van der Waals surface area (Å²) in [7, 11) is -3.66. The molecule has 0 aliphatic rings. The highest BCUT2D eigenvalue weighted by Crippen LogP contribution is 2.22. The lowest BCUT2D eigenvalue weighted by Gasteiger charge is -2.20. The predicted molar refractivity (Wildman–Crippen MR) is 115 cm³/mol. The van der Waals surface area contributed by atoms with Crippen LogP contribution in [-0.2, 0) is 16.6 Å².